The van der Waals surface area contributed by atoms with E-state index in [1.165, 1.54) is 0 Å². The fourth-order valence-corrected chi connectivity index (χ4v) is 3.55. The van der Waals surface area contributed by atoms with Crippen LogP contribution in [0.5, 0.6) is 5.75 Å². The molecule has 1 aromatic heterocycles. The highest BCUT2D eigenvalue weighted by Gasteiger charge is 2.12. The van der Waals surface area contributed by atoms with Crippen LogP contribution in [0.25, 0.3) is 11.0 Å². The van der Waals surface area contributed by atoms with Crippen molar-refractivity contribution in [3.63, 3.8) is 0 Å². The zero-order valence-corrected chi connectivity index (χ0v) is 17.0. The van der Waals surface area contributed by atoms with Crippen molar-refractivity contribution in [3.8, 4) is 5.75 Å². The molecule has 0 unspecified atom stereocenters. The first-order valence-corrected chi connectivity index (χ1v) is 10.2. The Hall–Kier alpha value is -3.60. The SMILES string of the molecule is Cc1ccccc1C(=O)NCCc1nc2ccccc2n1CCOc1ccccc1. The van der Waals surface area contributed by atoms with Gasteiger partial charge >= 0.3 is 0 Å². The first-order valence-electron chi connectivity index (χ1n) is 10.2. The minimum atomic E-state index is -0.0526. The normalized spacial score (nSPS) is 10.8. The Balaban J connectivity index is 1.43. The molecule has 1 heterocycles. The number of imidazole rings is 1. The topological polar surface area (TPSA) is 56.2 Å². The standard InChI is InChI=1S/C25H25N3O2/c1-19-9-5-6-12-21(19)25(29)26-16-15-24-27-22-13-7-8-14-23(22)28(24)17-18-30-20-10-3-2-4-11-20/h2-14H,15-18H2,1H3,(H,26,29). The fraction of sp³-hybridized carbons (Fsp3) is 0.200. The molecule has 4 aromatic rings. The summed E-state index contributed by atoms with van der Waals surface area (Å²) in [4.78, 5) is 17.3. The summed E-state index contributed by atoms with van der Waals surface area (Å²) in [7, 11) is 0. The van der Waals surface area contributed by atoms with Gasteiger partial charge in [0.2, 0.25) is 0 Å². The summed E-state index contributed by atoms with van der Waals surface area (Å²) in [6.07, 6.45) is 0.650. The third-order valence-electron chi connectivity index (χ3n) is 5.08. The Labute approximate surface area is 176 Å². The van der Waals surface area contributed by atoms with E-state index < -0.39 is 0 Å². The maximum Gasteiger partial charge on any atom is 0.251 e. The van der Waals surface area contributed by atoms with Crippen LogP contribution in [-0.2, 0) is 13.0 Å². The number of carbonyl (C=O) groups is 1. The Morgan fingerprint density at radius 2 is 1.70 bits per heavy atom. The van der Waals surface area contributed by atoms with Gasteiger partial charge < -0.3 is 14.6 Å². The number of benzene rings is 3. The highest BCUT2D eigenvalue weighted by atomic mass is 16.5. The summed E-state index contributed by atoms with van der Waals surface area (Å²) in [5.74, 6) is 1.75. The number of fused-ring (bicyclic) bond motifs is 1. The van der Waals surface area contributed by atoms with Gasteiger partial charge in [-0.05, 0) is 42.8 Å². The van der Waals surface area contributed by atoms with E-state index in [0.29, 0.717) is 31.7 Å². The monoisotopic (exact) mass is 399 g/mol. The molecule has 1 N–H and O–H groups in total. The summed E-state index contributed by atoms with van der Waals surface area (Å²) in [6.45, 7) is 3.71. The number of aromatic nitrogens is 2. The van der Waals surface area contributed by atoms with Crippen LogP contribution in [0, 0.1) is 6.92 Å². The molecule has 5 nitrogen and oxygen atoms in total. The van der Waals surface area contributed by atoms with Gasteiger partial charge in [0, 0.05) is 18.5 Å². The summed E-state index contributed by atoms with van der Waals surface area (Å²) < 4.78 is 8.06. The van der Waals surface area contributed by atoms with Crippen molar-refractivity contribution in [3.05, 3.63) is 95.8 Å². The van der Waals surface area contributed by atoms with Crippen LogP contribution in [0.4, 0.5) is 0 Å². The number of rotatable bonds is 8. The second kappa shape index (κ2) is 9.27. The molecule has 5 heteroatoms. The van der Waals surface area contributed by atoms with Crippen molar-refractivity contribution in [2.45, 2.75) is 19.9 Å². The minimum absolute atomic E-state index is 0.0526. The molecular weight excluding hydrogens is 374 g/mol. The van der Waals surface area contributed by atoms with Crippen molar-refractivity contribution >= 4 is 16.9 Å². The third-order valence-corrected chi connectivity index (χ3v) is 5.08. The lowest BCUT2D eigenvalue weighted by Gasteiger charge is -2.12. The second-order valence-corrected chi connectivity index (χ2v) is 7.15. The van der Waals surface area contributed by atoms with Crippen molar-refractivity contribution in [2.75, 3.05) is 13.2 Å². The molecule has 4 rings (SSSR count). The number of aryl methyl sites for hydroxylation is 1. The zero-order chi connectivity index (χ0) is 20.8. The number of hydrogen-bond donors (Lipinski definition) is 1. The molecule has 0 radical (unpaired) electrons. The van der Waals surface area contributed by atoms with E-state index in [1.54, 1.807) is 0 Å². The molecule has 0 spiro atoms. The number of hydrogen-bond acceptors (Lipinski definition) is 3. The first kappa shape index (κ1) is 19.7. The van der Waals surface area contributed by atoms with E-state index in [2.05, 4.69) is 16.0 Å². The predicted molar refractivity (Wildman–Crippen MR) is 119 cm³/mol. The molecule has 152 valence electrons. The molecule has 0 fully saturated rings. The molecule has 0 atom stereocenters. The molecule has 3 aromatic carbocycles. The van der Waals surface area contributed by atoms with Gasteiger partial charge in [-0.15, -0.1) is 0 Å². The summed E-state index contributed by atoms with van der Waals surface area (Å²) in [5, 5.41) is 3.02. The van der Waals surface area contributed by atoms with Crippen LogP contribution in [0.15, 0.2) is 78.9 Å². The Morgan fingerprint density at radius 3 is 2.53 bits per heavy atom. The van der Waals surface area contributed by atoms with Crippen LogP contribution in [0.2, 0.25) is 0 Å². The second-order valence-electron chi connectivity index (χ2n) is 7.15. The van der Waals surface area contributed by atoms with Crippen LogP contribution in [0.1, 0.15) is 21.7 Å². The molecule has 0 aliphatic heterocycles. The van der Waals surface area contributed by atoms with Crippen molar-refractivity contribution in [2.24, 2.45) is 0 Å². The van der Waals surface area contributed by atoms with E-state index in [0.717, 1.165) is 28.2 Å². The molecule has 30 heavy (non-hydrogen) atoms. The zero-order valence-electron chi connectivity index (χ0n) is 17.0. The van der Waals surface area contributed by atoms with Gasteiger partial charge in [-0.1, -0.05) is 48.5 Å². The molecular formula is C25H25N3O2. The van der Waals surface area contributed by atoms with E-state index in [1.807, 2.05) is 79.7 Å². The minimum Gasteiger partial charge on any atom is -0.492 e. The molecule has 1 amide bonds. The third kappa shape index (κ3) is 4.51. The van der Waals surface area contributed by atoms with Crippen molar-refractivity contribution < 1.29 is 9.53 Å². The number of carbonyl (C=O) groups excluding carboxylic acids is 1. The lowest BCUT2D eigenvalue weighted by Crippen LogP contribution is -2.27. The van der Waals surface area contributed by atoms with Gasteiger partial charge in [-0.2, -0.15) is 0 Å². The molecule has 0 aliphatic rings. The lowest BCUT2D eigenvalue weighted by atomic mass is 10.1. The highest BCUT2D eigenvalue weighted by molar-refractivity contribution is 5.95. The largest absolute Gasteiger partial charge is 0.492 e. The Morgan fingerprint density at radius 1 is 0.967 bits per heavy atom. The predicted octanol–water partition coefficient (Wildman–Crippen LogP) is 4.40. The van der Waals surface area contributed by atoms with E-state index >= 15 is 0 Å². The molecule has 0 bridgehead atoms. The van der Waals surface area contributed by atoms with Crippen molar-refractivity contribution in [1.82, 2.24) is 14.9 Å². The average Bonchev–Trinajstić information content (AvgIpc) is 3.12. The van der Waals surface area contributed by atoms with E-state index in [9.17, 15) is 4.79 Å². The Kier molecular flexibility index (Phi) is 6.09. The van der Waals surface area contributed by atoms with Crippen molar-refractivity contribution in [1.29, 1.82) is 0 Å². The molecule has 0 saturated heterocycles. The maximum absolute atomic E-state index is 12.5. The van der Waals surface area contributed by atoms with Crippen LogP contribution >= 0.6 is 0 Å². The first-order chi connectivity index (χ1) is 14.7. The van der Waals surface area contributed by atoms with Crippen LogP contribution in [-0.4, -0.2) is 28.6 Å². The van der Waals surface area contributed by atoms with Gasteiger partial charge in [0.1, 0.15) is 18.2 Å². The summed E-state index contributed by atoms with van der Waals surface area (Å²) in [6, 6.07) is 25.5. The van der Waals surface area contributed by atoms with E-state index in [-0.39, 0.29) is 5.91 Å². The van der Waals surface area contributed by atoms with Gasteiger partial charge in [0.15, 0.2) is 0 Å². The fourth-order valence-electron chi connectivity index (χ4n) is 3.55. The molecule has 0 saturated carbocycles. The van der Waals surface area contributed by atoms with Gasteiger partial charge in [0.25, 0.3) is 5.91 Å². The quantitative estimate of drug-likeness (QED) is 0.478. The number of ether oxygens (including phenoxy) is 1. The highest BCUT2D eigenvalue weighted by Crippen LogP contribution is 2.17. The van der Waals surface area contributed by atoms with Crippen LogP contribution < -0.4 is 10.1 Å². The Bertz CT molecular complexity index is 1140. The maximum atomic E-state index is 12.5. The lowest BCUT2D eigenvalue weighted by molar-refractivity contribution is 0.0953. The van der Waals surface area contributed by atoms with Gasteiger partial charge in [-0.3, -0.25) is 4.79 Å². The number of nitrogens with one attached hydrogen (secondary N) is 1. The van der Waals surface area contributed by atoms with Gasteiger partial charge in [0.05, 0.1) is 17.6 Å². The molecule has 0 aliphatic carbocycles. The number of nitrogens with zero attached hydrogens (tertiary/aromatic N) is 2. The smallest absolute Gasteiger partial charge is 0.251 e. The summed E-state index contributed by atoms with van der Waals surface area (Å²) >= 11 is 0. The van der Waals surface area contributed by atoms with E-state index in [4.69, 9.17) is 9.72 Å². The number of para-hydroxylation sites is 3. The van der Waals surface area contributed by atoms with Gasteiger partial charge in [-0.25, -0.2) is 4.98 Å². The average molecular weight is 399 g/mol. The summed E-state index contributed by atoms with van der Waals surface area (Å²) in [5.41, 5.74) is 3.72. The van der Waals surface area contributed by atoms with Crippen LogP contribution in [0.3, 0.4) is 0 Å². The number of amides is 1.